The summed E-state index contributed by atoms with van der Waals surface area (Å²) in [6.45, 7) is 5.18. The highest BCUT2D eigenvalue weighted by Crippen LogP contribution is 2.27. The van der Waals surface area contributed by atoms with E-state index in [-0.39, 0.29) is 6.54 Å². The molecule has 0 saturated heterocycles. The molecule has 0 aliphatic heterocycles. The van der Waals surface area contributed by atoms with Gasteiger partial charge in [-0.05, 0) is 31.5 Å². The molecule has 5 nitrogen and oxygen atoms in total. The third kappa shape index (κ3) is 3.55. The van der Waals surface area contributed by atoms with Gasteiger partial charge in [0.2, 0.25) is 0 Å². The molecule has 1 aromatic carbocycles. The Labute approximate surface area is 124 Å². The lowest BCUT2D eigenvalue weighted by molar-refractivity contribution is -0.150. The van der Waals surface area contributed by atoms with Crippen molar-refractivity contribution in [1.82, 2.24) is 4.57 Å². The van der Waals surface area contributed by atoms with E-state index >= 15 is 0 Å². The van der Waals surface area contributed by atoms with Crippen molar-refractivity contribution >= 4 is 16.9 Å². The number of rotatable bonds is 8. The van der Waals surface area contributed by atoms with Crippen molar-refractivity contribution in [1.29, 1.82) is 0 Å². The number of hydrogen-bond donors (Lipinski definition) is 1. The van der Waals surface area contributed by atoms with Crippen LogP contribution < -0.4 is 4.74 Å². The van der Waals surface area contributed by atoms with Crippen LogP contribution in [-0.2, 0) is 16.1 Å². The van der Waals surface area contributed by atoms with Gasteiger partial charge >= 0.3 is 5.97 Å². The van der Waals surface area contributed by atoms with Crippen molar-refractivity contribution in [2.45, 2.75) is 32.9 Å². The van der Waals surface area contributed by atoms with Gasteiger partial charge in [-0.15, -0.1) is 0 Å². The van der Waals surface area contributed by atoms with Gasteiger partial charge in [0.05, 0.1) is 18.7 Å². The molecule has 1 atom stereocenters. The third-order valence-corrected chi connectivity index (χ3v) is 3.24. The first-order chi connectivity index (χ1) is 10.2. The zero-order chi connectivity index (χ0) is 15.2. The maximum Gasteiger partial charge on any atom is 0.334 e. The standard InChI is InChI=1S/C16H21NO4/c1-3-10-21-14-7-5-6-13-12(14)8-9-17(13)11-15(16(18)19)20-4-2/h5-9,15H,3-4,10-11H2,1-2H3,(H,18,19). The molecular formula is C16H21NO4. The predicted octanol–water partition coefficient (Wildman–Crippen LogP) is 2.92. The fourth-order valence-corrected chi connectivity index (χ4v) is 2.27. The molecule has 0 saturated carbocycles. The topological polar surface area (TPSA) is 60.7 Å². The molecule has 1 unspecified atom stereocenters. The summed E-state index contributed by atoms with van der Waals surface area (Å²) in [4.78, 5) is 11.2. The second-order valence-electron chi connectivity index (χ2n) is 4.79. The SMILES string of the molecule is CCCOc1cccc2c1ccn2CC(OCC)C(=O)O. The molecule has 1 heterocycles. The van der Waals surface area contributed by atoms with Gasteiger partial charge in [0.15, 0.2) is 6.10 Å². The lowest BCUT2D eigenvalue weighted by atomic mass is 10.2. The van der Waals surface area contributed by atoms with E-state index in [1.54, 1.807) is 6.92 Å². The van der Waals surface area contributed by atoms with Crippen molar-refractivity contribution in [2.75, 3.05) is 13.2 Å². The second kappa shape index (κ2) is 7.13. The summed E-state index contributed by atoms with van der Waals surface area (Å²) in [6, 6.07) is 7.75. The monoisotopic (exact) mass is 291 g/mol. The number of benzene rings is 1. The largest absolute Gasteiger partial charge is 0.493 e. The number of aliphatic carboxylic acids is 1. The van der Waals surface area contributed by atoms with Gasteiger partial charge in [0.1, 0.15) is 5.75 Å². The quantitative estimate of drug-likeness (QED) is 0.812. The van der Waals surface area contributed by atoms with E-state index < -0.39 is 12.1 Å². The van der Waals surface area contributed by atoms with Crippen LogP contribution in [0, 0.1) is 0 Å². The predicted molar refractivity (Wildman–Crippen MR) is 80.8 cm³/mol. The molecule has 2 aromatic rings. The molecule has 0 spiro atoms. The van der Waals surface area contributed by atoms with Crippen LogP contribution in [0.15, 0.2) is 30.5 Å². The van der Waals surface area contributed by atoms with E-state index in [1.807, 2.05) is 35.0 Å². The Morgan fingerprint density at radius 2 is 2.14 bits per heavy atom. The lowest BCUT2D eigenvalue weighted by Gasteiger charge is -2.14. The Kier molecular flexibility index (Phi) is 5.22. The molecule has 0 amide bonds. The molecule has 0 fully saturated rings. The van der Waals surface area contributed by atoms with Gasteiger partial charge in [-0.25, -0.2) is 4.79 Å². The highest BCUT2D eigenvalue weighted by molar-refractivity contribution is 5.86. The van der Waals surface area contributed by atoms with Crippen molar-refractivity contribution in [3.8, 4) is 5.75 Å². The molecule has 0 radical (unpaired) electrons. The molecule has 114 valence electrons. The summed E-state index contributed by atoms with van der Waals surface area (Å²) >= 11 is 0. The Hall–Kier alpha value is -2.01. The minimum atomic E-state index is -0.947. The smallest absolute Gasteiger partial charge is 0.334 e. The molecule has 2 rings (SSSR count). The first kappa shape index (κ1) is 15.4. The average molecular weight is 291 g/mol. The summed E-state index contributed by atoms with van der Waals surface area (Å²) in [6.07, 6.45) is 1.98. The van der Waals surface area contributed by atoms with E-state index in [0.29, 0.717) is 13.2 Å². The normalized spacial score (nSPS) is 12.5. The number of aromatic nitrogens is 1. The highest BCUT2D eigenvalue weighted by Gasteiger charge is 2.19. The van der Waals surface area contributed by atoms with Crippen molar-refractivity contribution in [3.05, 3.63) is 30.5 Å². The van der Waals surface area contributed by atoms with E-state index in [9.17, 15) is 9.90 Å². The molecule has 0 aliphatic rings. The summed E-state index contributed by atoms with van der Waals surface area (Å²) in [5.41, 5.74) is 0.953. The van der Waals surface area contributed by atoms with Gasteiger partial charge < -0.3 is 19.1 Å². The van der Waals surface area contributed by atoms with Crippen LogP contribution in [0.5, 0.6) is 5.75 Å². The highest BCUT2D eigenvalue weighted by atomic mass is 16.5. The van der Waals surface area contributed by atoms with Gasteiger partial charge in [0, 0.05) is 18.2 Å². The molecule has 5 heteroatoms. The van der Waals surface area contributed by atoms with Gasteiger partial charge in [-0.2, -0.15) is 0 Å². The van der Waals surface area contributed by atoms with E-state index in [0.717, 1.165) is 23.1 Å². The van der Waals surface area contributed by atoms with Crippen molar-refractivity contribution < 1.29 is 19.4 Å². The van der Waals surface area contributed by atoms with Gasteiger partial charge in [-0.1, -0.05) is 13.0 Å². The van der Waals surface area contributed by atoms with Gasteiger partial charge in [0.25, 0.3) is 0 Å². The molecular weight excluding hydrogens is 270 g/mol. The van der Waals surface area contributed by atoms with Crippen LogP contribution in [0.3, 0.4) is 0 Å². The van der Waals surface area contributed by atoms with E-state index in [2.05, 4.69) is 6.92 Å². The fraction of sp³-hybridized carbons (Fsp3) is 0.438. The van der Waals surface area contributed by atoms with E-state index in [4.69, 9.17) is 9.47 Å². The zero-order valence-corrected chi connectivity index (χ0v) is 12.4. The Morgan fingerprint density at radius 3 is 2.81 bits per heavy atom. The number of carboxylic acids is 1. The van der Waals surface area contributed by atoms with Crippen LogP contribution in [0.2, 0.25) is 0 Å². The van der Waals surface area contributed by atoms with Crippen LogP contribution in [-0.4, -0.2) is 35.0 Å². The zero-order valence-electron chi connectivity index (χ0n) is 12.4. The van der Waals surface area contributed by atoms with Crippen LogP contribution >= 0.6 is 0 Å². The first-order valence-corrected chi connectivity index (χ1v) is 7.22. The number of carboxylic acid groups (broad SMARTS) is 1. The molecule has 1 aromatic heterocycles. The maximum absolute atomic E-state index is 11.2. The Morgan fingerprint density at radius 1 is 1.33 bits per heavy atom. The first-order valence-electron chi connectivity index (χ1n) is 7.22. The molecule has 0 aliphatic carbocycles. The number of fused-ring (bicyclic) bond motifs is 1. The molecule has 1 N–H and O–H groups in total. The van der Waals surface area contributed by atoms with Crippen LogP contribution in [0.25, 0.3) is 10.9 Å². The number of nitrogens with zero attached hydrogens (tertiary/aromatic N) is 1. The van der Waals surface area contributed by atoms with Crippen LogP contribution in [0.4, 0.5) is 0 Å². The lowest BCUT2D eigenvalue weighted by Crippen LogP contribution is -2.28. The third-order valence-electron chi connectivity index (χ3n) is 3.24. The number of ether oxygens (including phenoxy) is 2. The summed E-state index contributed by atoms with van der Waals surface area (Å²) in [7, 11) is 0. The Balaban J connectivity index is 2.27. The minimum Gasteiger partial charge on any atom is -0.493 e. The minimum absolute atomic E-state index is 0.282. The molecule has 0 bridgehead atoms. The van der Waals surface area contributed by atoms with Gasteiger partial charge in [-0.3, -0.25) is 0 Å². The number of hydrogen-bond acceptors (Lipinski definition) is 3. The van der Waals surface area contributed by atoms with E-state index in [1.165, 1.54) is 0 Å². The number of carbonyl (C=O) groups is 1. The maximum atomic E-state index is 11.2. The summed E-state index contributed by atoms with van der Waals surface area (Å²) in [5.74, 6) is -0.117. The van der Waals surface area contributed by atoms with Crippen molar-refractivity contribution in [3.63, 3.8) is 0 Å². The Bertz CT molecular complexity index is 605. The molecule has 21 heavy (non-hydrogen) atoms. The summed E-state index contributed by atoms with van der Waals surface area (Å²) in [5, 5.41) is 10.2. The van der Waals surface area contributed by atoms with Crippen molar-refractivity contribution in [2.24, 2.45) is 0 Å². The second-order valence-corrected chi connectivity index (χ2v) is 4.79. The fourth-order valence-electron chi connectivity index (χ4n) is 2.27. The summed E-state index contributed by atoms with van der Waals surface area (Å²) < 4.78 is 12.9. The van der Waals surface area contributed by atoms with Crippen LogP contribution in [0.1, 0.15) is 20.3 Å². The average Bonchev–Trinajstić information content (AvgIpc) is 2.88.